The number of thiophene rings is 1. The van der Waals surface area contributed by atoms with Gasteiger partial charge in [0.05, 0.1) is 12.7 Å². The molecule has 3 heterocycles. The van der Waals surface area contributed by atoms with Crippen molar-refractivity contribution in [1.82, 2.24) is 9.78 Å². The highest BCUT2D eigenvalue weighted by Crippen LogP contribution is 2.20. The third-order valence-corrected chi connectivity index (χ3v) is 4.25. The number of amides is 1. The van der Waals surface area contributed by atoms with Gasteiger partial charge in [0, 0.05) is 11.5 Å². The fourth-order valence-electron chi connectivity index (χ4n) is 2.39. The van der Waals surface area contributed by atoms with E-state index in [1.165, 1.54) is 0 Å². The molecule has 0 aliphatic heterocycles. The smallest absolute Gasteiger partial charge is 0.292 e. The van der Waals surface area contributed by atoms with Crippen LogP contribution in [0.2, 0.25) is 0 Å². The zero-order valence-electron chi connectivity index (χ0n) is 12.1. The number of hydrogen-bond donors (Lipinski definition) is 1. The van der Waals surface area contributed by atoms with Gasteiger partial charge in [0.15, 0.2) is 5.76 Å². The number of fused-ring (bicyclic) bond motifs is 1. The fourth-order valence-corrected chi connectivity index (χ4v) is 3.05. The van der Waals surface area contributed by atoms with Crippen LogP contribution in [0.25, 0.3) is 11.0 Å². The number of aromatic nitrogens is 2. The number of carbonyl (C=O) groups is 1. The third-order valence-electron chi connectivity index (χ3n) is 3.52. The summed E-state index contributed by atoms with van der Waals surface area (Å²) in [6, 6.07) is 13.1. The molecule has 5 nitrogen and oxygen atoms in total. The number of furan rings is 1. The van der Waals surface area contributed by atoms with E-state index in [1.807, 2.05) is 35.7 Å². The summed E-state index contributed by atoms with van der Waals surface area (Å²) in [4.78, 5) is 12.4. The van der Waals surface area contributed by atoms with E-state index in [4.69, 9.17) is 4.42 Å². The highest BCUT2D eigenvalue weighted by Gasteiger charge is 2.14. The van der Waals surface area contributed by atoms with Crippen molar-refractivity contribution in [2.75, 3.05) is 5.32 Å². The number of rotatable bonds is 4. The van der Waals surface area contributed by atoms with Gasteiger partial charge in [0.25, 0.3) is 5.91 Å². The Morgan fingerprint density at radius 3 is 3.00 bits per heavy atom. The maximum Gasteiger partial charge on any atom is 0.292 e. The van der Waals surface area contributed by atoms with E-state index in [0.29, 0.717) is 17.9 Å². The summed E-state index contributed by atoms with van der Waals surface area (Å²) in [6.07, 6.45) is 1.67. The van der Waals surface area contributed by atoms with Crippen LogP contribution in [0.1, 0.15) is 16.1 Å². The molecule has 0 spiro atoms. The minimum atomic E-state index is -0.284. The average molecular weight is 323 g/mol. The molecule has 23 heavy (non-hydrogen) atoms. The maximum atomic E-state index is 12.4. The monoisotopic (exact) mass is 323 g/mol. The predicted molar refractivity (Wildman–Crippen MR) is 89.8 cm³/mol. The van der Waals surface area contributed by atoms with Crippen LogP contribution in [-0.4, -0.2) is 15.7 Å². The molecule has 0 aliphatic carbocycles. The number of nitrogens with one attached hydrogen (secondary N) is 1. The summed E-state index contributed by atoms with van der Waals surface area (Å²) in [7, 11) is 0. The first kappa shape index (κ1) is 13.8. The van der Waals surface area contributed by atoms with Gasteiger partial charge in [-0.1, -0.05) is 18.2 Å². The number of para-hydroxylation sites is 1. The molecule has 6 heteroatoms. The Labute approximate surface area is 136 Å². The largest absolute Gasteiger partial charge is 0.451 e. The molecule has 0 unspecified atom stereocenters. The number of anilines is 1. The van der Waals surface area contributed by atoms with Crippen LogP contribution in [0.4, 0.5) is 5.82 Å². The van der Waals surface area contributed by atoms with E-state index in [-0.39, 0.29) is 11.7 Å². The normalized spacial score (nSPS) is 11.0. The fraction of sp³-hybridized carbons (Fsp3) is 0.0588. The molecule has 114 valence electrons. The van der Waals surface area contributed by atoms with Crippen molar-refractivity contribution in [2.45, 2.75) is 6.54 Å². The second-order valence-corrected chi connectivity index (χ2v) is 5.89. The zero-order valence-corrected chi connectivity index (χ0v) is 12.9. The van der Waals surface area contributed by atoms with Crippen LogP contribution in [0.5, 0.6) is 0 Å². The van der Waals surface area contributed by atoms with E-state index in [1.54, 1.807) is 34.3 Å². The molecule has 1 aromatic carbocycles. The van der Waals surface area contributed by atoms with E-state index < -0.39 is 0 Å². The van der Waals surface area contributed by atoms with Gasteiger partial charge in [0.1, 0.15) is 11.4 Å². The lowest BCUT2D eigenvalue weighted by molar-refractivity contribution is 0.0997. The molecule has 0 aliphatic rings. The van der Waals surface area contributed by atoms with E-state index >= 15 is 0 Å². The lowest BCUT2D eigenvalue weighted by Gasteiger charge is -2.07. The molecule has 0 atom stereocenters. The quantitative estimate of drug-likeness (QED) is 0.618. The molecule has 4 aromatic rings. The van der Waals surface area contributed by atoms with Crippen molar-refractivity contribution in [3.63, 3.8) is 0 Å². The Hall–Kier alpha value is -2.86. The maximum absolute atomic E-state index is 12.4. The number of hydrogen-bond acceptors (Lipinski definition) is 4. The van der Waals surface area contributed by atoms with Crippen LogP contribution < -0.4 is 5.32 Å². The van der Waals surface area contributed by atoms with Crippen molar-refractivity contribution < 1.29 is 9.21 Å². The van der Waals surface area contributed by atoms with Crippen LogP contribution in [-0.2, 0) is 6.54 Å². The third kappa shape index (κ3) is 2.76. The minimum Gasteiger partial charge on any atom is -0.451 e. The van der Waals surface area contributed by atoms with Crippen LogP contribution in [0.3, 0.4) is 0 Å². The van der Waals surface area contributed by atoms with E-state index in [0.717, 1.165) is 10.9 Å². The van der Waals surface area contributed by atoms with Crippen molar-refractivity contribution in [1.29, 1.82) is 0 Å². The molecule has 0 bridgehead atoms. The molecule has 0 saturated heterocycles. The summed E-state index contributed by atoms with van der Waals surface area (Å²) in [6.45, 7) is 0.617. The average Bonchev–Trinajstić information content (AvgIpc) is 3.28. The van der Waals surface area contributed by atoms with Gasteiger partial charge in [-0.25, -0.2) is 4.68 Å². The molecule has 4 rings (SSSR count). The van der Waals surface area contributed by atoms with Crippen molar-refractivity contribution >= 4 is 34.0 Å². The Morgan fingerprint density at radius 2 is 2.17 bits per heavy atom. The molecule has 1 amide bonds. The van der Waals surface area contributed by atoms with Gasteiger partial charge >= 0.3 is 0 Å². The minimum absolute atomic E-state index is 0.284. The second kappa shape index (κ2) is 5.73. The Kier molecular flexibility index (Phi) is 3.44. The van der Waals surface area contributed by atoms with Gasteiger partial charge in [-0.05, 0) is 34.5 Å². The molecule has 0 saturated carbocycles. The summed E-state index contributed by atoms with van der Waals surface area (Å²) in [5, 5.41) is 12.1. The van der Waals surface area contributed by atoms with Gasteiger partial charge in [0.2, 0.25) is 0 Å². The van der Waals surface area contributed by atoms with Crippen molar-refractivity contribution in [3.05, 3.63) is 70.7 Å². The highest BCUT2D eigenvalue weighted by molar-refractivity contribution is 7.07. The Balaban J connectivity index is 1.56. The van der Waals surface area contributed by atoms with Gasteiger partial charge < -0.3 is 9.73 Å². The molecule has 0 radical (unpaired) electrons. The first-order chi connectivity index (χ1) is 11.3. The number of benzene rings is 1. The summed E-state index contributed by atoms with van der Waals surface area (Å²) in [5.74, 6) is 0.643. The van der Waals surface area contributed by atoms with E-state index in [9.17, 15) is 4.79 Å². The zero-order chi connectivity index (χ0) is 15.6. The Bertz CT molecular complexity index is 920. The SMILES string of the molecule is O=C(Nc1ccnn1Cc1ccsc1)c1cc2ccccc2o1. The van der Waals surface area contributed by atoms with Crippen molar-refractivity contribution in [2.24, 2.45) is 0 Å². The standard InChI is InChI=1S/C17H13N3O2S/c21-17(15-9-13-3-1-2-4-14(13)22-15)19-16-5-7-18-20(16)10-12-6-8-23-11-12/h1-9,11H,10H2,(H,19,21). The van der Waals surface area contributed by atoms with Crippen LogP contribution in [0, 0.1) is 0 Å². The van der Waals surface area contributed by atoms with Crippen molar-refractivity contribution in [3.8, 4) is 0 Å². The van der Waals surface area contributed by atoms with Crippen LogP contribution >= 0.6 is 11.3 Å². The lowest BCUT2D eigenvalue weighted by atomic mass is 10.2. The molecule has 1 N–H and O–H groups in total. The molecule has 3 aromatic heterocycles. The molecule has 0 fully saturated rings. The summed E-state index contributed by atoms with van der Waals surface area (Å²) in [5.41, 5.74) is 1.85. The highest BCUT2D eigenvalue weighted by atomic mass is 32.1. The van der Waals surface area contributed by atoms with E-state index in [2.05, 4.69) is 15.8 Å². The summed E-state index contributed by atoms with van der Waals surface area (Å²) >= 11 is 1.64. The molecular formula is C17H13N3O2S. The number of nitrogens with zero attached hydrogens (tertiary/aromatic N) is 2. The predicted octanol–water partition coefficient (Wildman–Crippen LogP) is 3.99. The Morgan fingerprint density at radius 1 is 1.26 bits per heavy atom. The first-order valence-electron chi connectivity index (χ1n) is 7.12. The van der Waals surface area contributed by atoms with Gasteiger partial charge in [-0.15, -0.1) is 0 Å². The van der Waals surface area contributed by atoms with Gasteiger partial charge in [-0.3, -0.25) is 4.79 Å². The lowest BCUT2D eigenvalue weighted by Crippen LogP contribution is -2.15. The summed E-state index contributed by atoms with van der Waals surface area (Å²) < 4.78 is 7.34. The topological polar surface area (TPSA) is 60.1 Å². The first-order valence-corrected chi connectivity index (χ1v) is 8.07. The second-order valence-electron chi connectivity index (χ2n) is 5.11. The molecular weight excluding hydrogens is 310 g/mol. The van der Waals surface area contributed by atoms with Crippen LogP contribution in [0.15, 0.2) is 63.8 Å². The van der Waals surface area contributed by atoms with Gasteiger partial charge in [-0.2, -0.15) is 16.4 Å². The number of carbonyl (C=O) groups excluding carboxylic acids is 1.